The van der Waals surface area contributed by atoms with Gasteiger partial charge < -0.3 is 19.7 Å². The number of hydrogen-bond donors (Lipinski definition) is 1. The standard InChI is InChI=1S/C14H16N2O4/c17-12-4-6-16(7-5-15-12)14(18)10-2-1-3-11-13(10)20-9-8-19-11/h1-3H,4-9H2,(H,15,17). The Kier molecular flexibility index (Phi) is 3.45. The summed E-state index contributed by atoms with van der Waals surface area (Å²) in [5, 5.41) is 2.75. The predicted octanol–water partition coefficient (Wildman–Crippen LogP) is 0.420. The fraction of sp³-hybridized carbons (Fsp3) is 0.429. The van der Waals surface area contributed by atoms with E-state index in [9.17, 15) is 9.59 Å². The molecule has 1 saturated heterocycles. The number of carbonyl (C=O) groups excluding carboxylic acids is 2. The van der Waals surface area contributed by atoms with Gasteiger partial charge in [-0.3, -0.25) is 9.59 Å². The van der Waals surface area contributed by atoms with Crippen molar-refractivity contribution in [3.8, 4) is 11.5 Å². The fourth-order valence-electron chi connectivity index (χ4n) is 2.38. The minimum absolute atomic E-state index is 0.0185. The molecule has 0 bridgehead atoms. The van der Waals surface area contributed by atoms with Crippen LogP contribution < -0.4 is 14.8 Å². The zero-order chi connectivity index (χ0) is 13.9. The molecule has 0 atom stereocenters. The number of amides is 2. The van der Waals surface area contributed by atoms with Gasteiger partial charge in [-0.25, -0.2) is 0 Å². The summed E-state index contributed by atoms with van der Waals surface area (Å²) < 4.78 is 11.0. The molecular formula is C14H16N2O4. The van der Waals surface area contributed by atoms with Crippen LogP contribution in [0.2, 0.25) is 0 Å². The number of ether oxygens (including phenoxy) is 2. The van der Waals surface area contributed by atoms with Crippen LogP contribution in [0.4, 0.5) is 0 Å². The minimum atomic E-state index is -0.121. The number of hydrogen-bond acceptors (Lipinski definition) is 4. The molecule has 1 aromatic carbocycles. The summed E-state index contributed by atoms with van der Waals surface area (Å²) in [7, 11) is 0. The molecular weight excluding hydrogens is 260 g/mol. The van der Waals surface area contributed by atoms with Crippen molar-refractivity contribution in [3.05, 3.63) is 23.8 Å². The van der Waals surface area contributed by atoms with E-state index in [2.05, 4.69) is 5.32 Å². The van der Waals surface area contributed by atoms with Crippen molar-refractivity contribution < 1.29 is 19.1 Å². The average molecular weight is 276 g/mol. The molecule has 0 spiro atoms. The lowest BCUT2D eigenvalue weighted by molar-refractivity contribution is -0.120. The van der Waals surface area contributed by atoms with Gasteiger partial charge in [-0.05, 0) is 12.1 Å². The molecule has 0 aromatic heterocycles. The maximum Gasteiger partial charge on any atom is 0.257 e. The molecule has 2 aliphatic rings. The molecule has 1 N–H and O–H groups in total. The zero-order valence-corrected chi connectivity index (χ0v) is 11.1. The Morgan fingerprint density at radius 3 is 2.95 bits per heavy atom. The van der Waals surface area contributed by atoms with Crippen LogP contribution in [0.1, 0.15) is 16.8 Å². The van der Waals surface area contributed by atoms with Crippen LogP contribution >= 0.6 is 0 Å². The first kappa shape index (κ1) is 12.8. The lowest BCUT2D eigenvalue weighted by Crippen LogP contribution is -2.34. The monoisotopic (exact) mass is 276 g/mol. The van der Waals surface area contributed by atoms with E-state index in [0.29, 0.717) is 56.3 Å². The summed E-state index contributed by atoms with van der Waals surface area (Å²) in [5.74, 6) is 0.970. The van der Waals surface area contributed by atoms with Crippen LogP contribution in [0.5, 0.6) is 11.5 Å². The van der Waals surface area contributed by atoms with Gasteiger partial charge in [-0.1, -0.05) is 6.07 Å². The van der Waals surface area contributed by atoms with Gasteiger partial charge in [0.1, 0.15) is 13.2 Å². The topological polar surface area (TPSA) is 67.9 Å². The van der Waals surface area contributed by atoms with Crippen LogP contribution in [0.15, 0.2) is 18.2 Å². The van der Waals surface area contributed by atoms with Gasteiger partial charge in [0.25, 0.3) is 5.91 Å². The molecule has 3 rings (SSSR count). The van der Waals surface area contributed by atoms with Crippen molar-refractivity contribution in [1.82, 2.24) is 10.2 Å². The van der Waals surface area contributed by atoms with Crippen LogP contribution in [0.25, 0.3) is 0 Å². The number of benzene rings is 1. The summed E-state index contributed by atoms with van der Waals surface area (Å²) >= 11 is 0. The van der Waals surface area contributed by atoms with Gasteiger partial charge >= 0.3 is 0 Å². The van der Waals surface area contributed by atoms with Crippen LogP contribution in [0, 0.1) is 0 Å². The third-order valence-corrected chi connectivity index (χ3v) is 3.40. The number of rotatable bonds is 1. The van der Waals surface area contributed by atoms with E-state index in [4.69, 9.17) is 9.47 Å². The van der Waals surface area contributed by atoms with Gasteiger partial charge in [0, 0.05) is 26.1 Å². The largest absolute Gasteiger partial charge is 0.486 e. The first-order valence-electron chi connectivity index (χ1n) is 6.70. The van der Waals surface area contributed by atoms with E-state index in [-0.39, 0.29) is 11.8 Å². The highest BCUT2D eigenvalue weighted by Gasteiger charge is 2.25. The molecule has 20 heavy (non-hydrogen) atoms. The highest BCUT2D eigenvalue weighted by atomic mass is 16.6. The molecule has 0 saturated carbocycles. The lowest BCUT2D eigenvalue weighted by Gasteiger charge is -2.24. The second kappa shape index (κ2) is 5.40. The quantitative estimate of drug-likeness (QED) is 0.807. The number of para-hydroxylation sites is 1. The van der Waals surface area contributed by atoms with Crippen molar-refractivity contribution in [3.63, 3.8) is 0 Å². The van der Waals surface area contributed by atoms with E-state index in [0.717, 1.165) is 0 Å². The molecule has 0 aliphatic carbocycles. The van der Waals surface area contributed by atoms with E-state index in [1.807, 2.05) is 0 Å². The van der Waals surface area contributed by atoms with Crippen molar-refractivity contribution in [1.29, 1.82) is 0 Å². The van der Waals surface area contributed by atoms with E-state index in [1.54, 1.807) is 23.1 Å². The maximum absolute atomic E-state index is 12.6. The van der Waals surface area contributed by atoms with Crippen molar-refractivity contribution in [2.24, 2.45) is 0 Å². The molecule has 1 fully saturated rings. The van der Waals surface area contributed by atoms with E-state index >= 15 is 0 Å². The molecule has 6 nitrogen and oxygen atoms in total. The van der Waals surface area contributed by atoms with Gasteiger partial charge in [-0.2, -0.15) is 0 Å². The van der Waals surface area contributed by atoms with E-state index < -0.39 is 0 Å². The number of carbonyl (C=O) groups is 2. The van der Waals surface area contributed by atoms with Crippen LogP contribution in [-0.2, 0) is 4.79 Å². The van der Waals surface area contributed by atoms with Gasteiger partial charge in [-0.15, -0.1) is 0 Å². The Hall–Kier alpha value is -2.24. The maximum atomic E-state index is 12.6. The smallest absolute Gasteiger partial charge is 0.257 e. The van der Waals surface area contributed by atoms with Gasteiger partial charge in [0.05, 0.1) is 5.56 Å². The Balaban J connectivity index is 1.85. The molecule has 2 amide bonds. The summed E-state index contributed by atoms with van der Waals surface area (Å²) in [5.41, 5.74) is 0.497. The highest BCUT2D eigenvalue weighted by molar-refractivity contribution is 5.98. The summed E-state index contributed by atoms with van der Waals surface area (Å²) in [6.07, 6.45) is 0.331. The summed E-state index contributed by atoms with van der Waals surface area (Å²) in [4.78, 5) is 25.6. The second-order valence-corrected chi connectivity index (χ2v) is 4.72. The first-order chi connectivity index (χ1) is 9.75. The summed E-state index contributed by atoms with van der Waals surface area (Å²) in [6.45, 7) is 2.35. The molecule has 0 radical (unpaired) electrons. The first-order valence-corrected chi connectivity index (χ1v) is 6.70. The third kappa shape index (κ3) is 2.41. The zero-order valence-electron chi connectivity index (χ0n) is 11.1. The van der Waals surface area contributed by atoms with E-state index in [1.165, 1.54) is 0 Å². The van der Waals surface area contributed by atoms with Crippen LogP contribution in [-0.4, -0.2) is 49.6 Å². The Morgan fingerprint density at radius 2 is 2.05 bits per heavy atom. The van der Waals surface area contributed by atoms with Crippen molar-refractivity contribution in [2.75, 3.05) is 32.8 Å². The number of nitrogens with one attached hydrogen (secondary N) is 1. The Morgan fingerprint density at radius 1 is 1.20 bits per heavy atom. The molecule has 0 unspecified atom stereocenters. The van der Waals surface area contributed by atoms with Gasteiger partial charge in [0.15, 0.2) is 11.5 Å². The Labute approximate surface area is 116 Å². The second-order valence-electron chi connectivity index (χ2n) is 4.72. The highest BCUT2D eigenvalue weighted by Crippen LogP contribution is 2.34. The SMILES string of the molecule is O=C1CCN(C(=O)c2cccc3c2OCCO3)CCN1. The number of nitrogens with zero attached hydrogens (tertiary/aromatic N) is 1. The van der Waals surface area contributed by atoms with Crippen molar-refractivity contribution in [2.45, 2.75) is 6.42 Å². The van der Waals surface area contributed by atoms with Gasteiger partial charge in [0.2, 0.25) is 5.91 Å². The molecule has 1 aromatic rings. The summed E-state index contributed by atoms with van der Waals surface area (Å²) in [6, 6.07) is 5.30. The third-order valence-electron chi connectivity index (χ3n) is 3.40. The molecule has 2 heterocycles. The molecule has 6 heteroatoms. The molecule has 106 valence electrons. The normalized spacial score (nSPS) is 18.2. The fourth-order valence-corrected chi connectivity index (χ4v) is 2.38. The van der Waals surface area contributed by atoms with Crippen molar-refractivity contribution >= 4 is 11.8 Å². The predicted molar refractivity (Wildman–Crippen MR) is 71.0 cm³/mol. The minimum Gasteiger partial charge on any atom is -0.486 e. The molecule has 2 aliphatic heterocycles. The van der Waals surface area contributed by atoms with Crippen LogP contribution in [0.3, 0.4) is 0 Å². The average Bonchev–Trinajstić information content (AvgIpc) is 2.71. The Bertz CT molecular complexity index is 544. The number of fused-ring (bicyclic) bond motifs is 1. The lowest BCUT2D eigenvalue weighted by atomic mass is 10.1.